The van der Waals surface area contributed by atoms with Gasteiger partial charge in [0.2, 0.25) is 0 Å². The monoisotopic (exact) mass is 254 g/mol. The van der Waals surface area contributed by atoms with Crippen molar-refractivity contribution in [2.24, 2.45) is 11.8 Å². The first-order valence-electron chi connectivity index (χ1n) is 6.24. The van der Waals surface area contributed by atoms with Crippen molar-refractivity contribution >= 4 is 5.97 Å². The molecule has 1 atom stereocenters. The lowest BCUT2D eigenvalue weighted by Crippen LogP contribution is -2.24. The molecular formula is C14H16F2O2. The van der Waals surface area contributed by atoms with Crippen molar-refractivity contribution in [3.63, 3.8) is 0 Å². The highest BCUT2D eigenvalue weighted by Crippen LogP contribution is 2.33. The molecule has 0 spiro atoms. The Morgan fingerprint density at radius 3 is 2.28 bits per heavy atom. The van der Waals surface area contributed by atoms with E-state index in [-0.39, 0.29) is 12.3 Å². The first-order valence-corrected chi connectivity index (χ1v) is 6.24. The topological polar surface area (TPSA) is 37.3 Å². The van der Waals surface area contributed by atoms with Gasteiger partial charge in [-0.3, -0.25) is 4.79 Å². The van der Waals surface area contributed by atoms with E-state index in [0.29, 0.717) is 5.56 Å². The van der Waals surface area contributed by atoms with Gasteiger partial charge in [-0.05, 0) is 42.9 Å². The highest BCUT2D eigenvalue weighted by atomic mass is 19.1. The zero-order valence-electron chi connectivity index (χ0n) is 10.0. The molecule has 0 heterocycles. The second-order valence-electron chi connectivity index (χ2n) is 4.97. The lowest BCUT2D eigenvalue weighted by Gasteiger charge is -2.19. The zero-order valence-corrected chi connectivity index (χ0v) is 10.0. The number of carboxylic acids is 1. The minimum absolute atomic E-state index is 0.133. The number of benzene rings is 1. The van der Waals surface area contributed by atoms with Gasteiger partial charge in [-0.1, -0.05) is 12.8 Å². The molecular weight excluding hydrogens is 238 g/mol. The van der Waals surface area contributed by atoms with Crippen LogP contribution in [0.4, 0.5) is 8.78 Å². The molecule has 1 unspecified atom stereocenters. The van der Waals surface area contributed by atoms with Crippen molar-refractivity contribution in [1.82, 2.24) is 0 Å². The van der Waals surface area contributed by atoms with Crippen LogP contribution in [0, 0.1) is 23.5 Å². The highest BCUT2D eigenvalue weighted by Gasteiger charge is 2.30. The van der Waals surface area contributed by atoms with E-state index in [1.807, 2.05) is 0 Å². The summed E-state index contributed by atoms with van der Waals surface area (Å²) >= 11 is 0. The Hall–Kier alpha value is -1.45. The van der Waals surface area contributed by atoms with Crippen LogP contribution in [0.3, 0.4) is 0 Å². The molecule has 1 saturated carbocycles. The van der Waals surface area contributed by atoms with Gasteiger partial charge in [0.05, 0.1) is 5.92 Å². The number of aliphatic carboxylic acids is 1. The van der Waals surface area contributed by atoms with Gasteiger partial charge in [-0.2, -0.15) is 0 Å². The minimum atomic E-state index is -0.869. The number of hydrogen-bond donors (Lipinski definition) is 1. The first kappa shape index (κ1) is 13.0. The Bertz CT molecular complexity index is 419. The third-order valence-corrected chi connectivity index (χ3v) is 3.66. The van der Waals surface area contributed by atoms with Crippen LogP contribution in [-0.4, -0.2) is 11.1 Å². The molecule has 0 radical (unpaired) electrons. The summed E-state index contributed by atoms with van der Waals surface area (Å²) in [5.41, 5.74) is 0.423. The summed E-state index contributed by atoms with van der Waals surface area (Å²) in [4.78, 5) is 11.3. The molecule has 1 fully saturated rings. The largest absolute Gasteiger partial charge is 0.481 e. The summed E-state index contributed by atoms with van der Waals surface area (Å²) in [7, 11) is 0. The van der Waals surface area contributed by atoms with Crippen molar-refractivity contribution in [3.05, 3.63) is 35.4 Å². The maximum absolute atomic E-state index is 13.1. The van der Waals surface area contributed by atoms with Gasteiger partial charge in [0, 0.05) is 6.07 Å². The molecule has 0 amide bonds. The molecule has 1 aliphatic carbocycles. The SMILES string of the molecule is O=C(O)C(Cc1cc(F)cc(F)c1)C1CCCC1. The Morgan fingerprint density at radius 1 is 1.22 bits per heavy atom. The lowest BCUT2D eigenvalue weighted by atomic mass is 9.85. The molecule has 1 aromatic carbocycles. The molecule has 1 N–H and O–H groups in total. The predicted octanol–water partition coefficient (Wildman–Crippen LogP) is 3.40. The Labute approximate surface area is 105 Å². The molecule has 0 aromatic heterocycles. The van der Waals surface area contributed by atoms with Crippen LogP contribution < -0.4 is 0 Å². The Morgan fingerprint density at radius 2 is 1.78 bits per heavy atom. The average molecular weight is 254 g/mol. The van der Waals surface area contributed by atoms with Gasteiger partial charge in [-0.15, -0.1) is 0 Å². The fraction of sp³-hybridized carbons (Fsp3) is 0.500. The van der Waals surface area contributed by atoms with Crippen LogP contribution in [0.5, 0.6) is 0 Å². The molecule has 0 bridgehead atoms. The number of carboxylic acid groups (broad SMARTS) is 1. The van der Waals surface area contributed by atoms with E-state index in [9.17, 15) is 18.7 Å². The Kier molecular flexibility index (Phi) is 3.94. The fourth-order valence-electron chi connectivity index (χ4n) is 2.80. The van der Waals surface area contributed by atoms with Gasteiger partial charge in [0.1, 0.15) is 11.6 Å². The standard InChI is InChI=1S/C14H16F2O2/c15-11-5-9(6-12(16)8-11)7-13(14(17)18)10-3-1-2-4-10/h5-6,8,10,13H,1-4,7H2,(H,17,18). The number of carbonyl (C=O) groups is 1. The second-order valence-corrected chi connectivity index (χ2v) is 4.97. The van der Waals surface area contributed by atoms with Crippen molar-refractivity contribution in [3.8, 4) is 0 Å². The number of halogens is 2. The van der Waals surface area contributed by atoms with E-state index in [4.69, 9.17) is 0 Å². The van der Waals surface area contributed by atoms with Crippen LogP contribution in [0.25, 0.3) is 0 Å². The summed E-state index contributed by atoms with van der Waals surface area (Å²) in [5.74, 6) is -2.57. The Balaban J connectivity index is 2.15. The van der Waals surface area contributed by atoms with Crippen molar-refractivity contribution in [2.45, 2.75) is 32.1 Å². The van der Waals surface area contributed by atoms with Crippen molar-refractivity contribution in [2.75, 3.05) is 0 Å². The fourth-order valence-corrected chi connectivity index (χ4v) is 2.80. The molecule has 2 rings (SSSR count). The van der Waals surface area contributed by atoms with Crippen LogP contribution in [0.2, 0.25) is 0 Å². The van der Waals surface area contributed by atoms with Crippen molar-refractivity contribution < 1.29 is 18.7 Å². The van der Waals surface area contributed by atoms with E-state index in [1.54, 1.807) is 0 Å². The number of rotatable bonds is 4. The smallest absolute Gasteiger partial charge is 0.307 e. The maximum Gasteiger partial charge on any atom is 0.307 e. The summed E-state index contributed by atoms with van der Waals surface area (Å²) in [6, 6.07) is 3.23. The summed E-state index contributed by atoms with van der Waals surface area (Å²) in [6.45, 7) is 0. The van der Waals surface area contributed by atoms with Gasteiger partial charge in [0.25, 0.3) is 0 Å². The minimum Gasteiger partial charge on any atom is -0.481 e. The third kappa shape index (κ3) is 3.06. The van der Waals surface area contributed by atoms with E-state index in [1.165, 1.54) is 12.1 Å². The highest BCUT2D eigenvalue weighted by molar-refractivity contribution is 5.70. The van der Waals surface area contributed by atoms with Crippen LogP contribution in [-0.2, 0) is 11.2 Å². The van der Waals surface area contributed by atoms with Gasteiger partial charge in [0.15, 0.2) is 0 Å². The van der Waals surface area contributed by atoms with E-state index < -0.39 is 23.5 Å². The van der Waals surface area contributed by atoms with E-state index in [2.05, 4.69) is 0 Å². The summed E-state index contributed by atoms with van der Waals surface area (Å²) < 4.78 is 26.1. The number of hydrogen-bond acceptors (Lipinski definition) is 1. The lowest BCUT2D eigenvalue weighted by molar-refractivity contribution is -0.143. The predicted molar refractivity (Wildman–Crippen MR) is 63.1 cm³/mol. The maximum atomic E-state index is 13.1. The van der Waals surface area contributed by atoms with Gasteiger partial charge < -0.3 is 5.11 Å². The second kappa shape index (κ2) is 5.46. The van der Waals surface area contributed by atoms with Crippen molar-refractivity contribution in [1.29, 1.82) is 0 Å². The van der Waals surface area contributed by atoms with Crippen LogP contribution in [0.15, 0.2) is 18.2 Å². The normalized spacial score (nSPS) is 17.9. The molecule has 1 aromatic rings. The molecule has 1 aliphatic rings. The molecule has 98 valence electrons. The van der Waals surface area contributed by atoms with Crippen LogP contribution in [0.1, 0.15) is 31.2 Å². The van der Waals surface area contributed by atoms with E-state index >= 15 is 0 Å². The summed E-state index contributed by atoms with van der Waals surface area (Å²) in [5, 5.41) is 9.25. The third-order valence-electron chi connectivity index (χ3n) is 3.66. The molecule has 4 heteroatoms. The summed E-state index contributed by atoms with van der Waals surface area (Å²) in [6.07, 6.45) is 4.09. The molecule has 2 nitrogen and oxygen atoms in total. The molecule has 0 aliphatic heterocycles. The van der Waals surface area contributed by atoms with Crippen LogP contribution >= 0.6 is 0 Å². The average Bonchev–Trinajstić information content (AvgIpc) is 2.77. The zero-order chi connectivity index (χ0) is 13.1. The van der Waals surface area contributed by atoms with Gasteiger partial charge >= 0.3 is 5.97 Å². The quantitative estimate of drug-likeness (QED) is 0.894. The first-order chi connectivity index (χ1) is 8.56. The molecule has 0 saturated heterocycles. The molecule has 18 heavy (non-hydrogen) atoms. The van der Waals surface area contributed by atoms with E-state index in [0.717, 1.165) is 31.7 Å². The van der Waals surface area contributed by atoms with Gasteiger partial charge in [-0.25, -0.2) is 8.78 Å².